The molecule has 0 fully saturated rings. The summed E-state index contributed by atoms with van der Waals surface area (Å²) in [6.45, 7) is 4.03. The molecule has 1 aromatic heterocycles. The third kappa shape index (κ3) is 2.35. The number of sulfone groups is 1. The number of aromatic nitrogens is 2. The van der Waals surface area contributed by atoms with E-state index < -0.39 is 9.84 Å². The van der Waals surface area contributed by atoms with Crippen LogP contribution >= 0.6 is 0 Å². The van der Waals surface area contributed by atoms with Crippen molar-refractivity contribution in [2.45, 2.75) is 25.8 Å². The number of anilines is 2. The van der Waals surface area contributed by atoms with Gasteiger partial charge in [-0.3, -0.25) is 4.68 Å². The molecule has 2 rings (SSSR count). The Morgan fingerprint density at radius 3 is 2.67 bits per heavy atom. The van der Waals surface area contributed by atoms with E-state index in [0.717, 1.165) is 5.69 Å². The predicted octanol–water partition coefficient (Wildman–Crippen LogP) is 0.848. The zero-order valence-electron chi connectivity index (χ0n) is 10.7. The van der Waals surface area contributed by atoms with Crippen LogP contribution in [0.5, 0.6) is 0 Å². The van der Waals surface area contributed by atoms with Crippen molar-refractivity contribution in [1.29, 1.82) is 0 Å². The maximum atomic E-state index is 11.3. The second-order valence-electron chi connectivity index (χ2n) is 4.83. The van der Waals surface area contributed by atoms with Crippen LogP contribution in [0.15, 0.2) is 11.5 Å². The van der Waals surface area contributed by atoms with Crippen molar-refractivity contribution in [3.8, 4) is 0 Å². The maximum Gasteiger partial charge on any atom is 0.173 e. The molecule has 0 saturated carbocycles. The van der Waals surface area contributed by atoms with Crippen LogP contribution in [0, 0.1) is 0 Å². The smallest absolute Gasteiger partial charge is 0.173 e. The molecule has 100 valence electrons. The standard InChI is InChI=1S/C11H18N4O2S/c1-7(2)10-9(12)11(15(3)14-10)13-8-4-5-18(16,17)6-8/h4-5,7-8,13H,6,12H2,1-3H3. The van der Waals surface area contributed by atoms with Gasteiger partial charge in [-0.1, -0.05) is 13.8 Å². The summed E-state index contributed by atoms with van der Waals surface area (Å²) in [5, 5.41) is 8.70. The molecule has 0 spiro atoms. The van der Waals surface area contributed by atoms with Gasteiger partial charge in [-0.05, 0) is 12.0 Å². The number of nitrogens with two attached hydrogens (primary N) is 1. The fourth-order valence-corrected chi connectivity index (χ4v) is 3.24. The van der Waals surface area contributed by atoms with E-state index in [2.05, 4.69) is 10.4 Å². The Hall–Kier alpha value is -1.50. The molecular formula is C11H18N4O2S. The Morgan fingerprint density at radius 2 is 2.22 bits per heavy atom. The average Bonchev–Trinajstić information content (AvgIpc) is 2.72. The van der Waals surface area contributed by atoms with E-state index >= 15 is 0 Å². The molecule has 0 saturated heterocycles. The predicted molar refractivity (Wildman–Crippen MR) is 72.0 cm³/mol. The molecule has 1 unspecified atom stereocenters. The van der Waals surface area contributed by atoms with E-state index in [1.165, 1.54) is 5.41 Å². The molecule has 1 aliphatic rings. The normalized spacial score (nSPS) is 21.7. The summed E-state index contributed by atoms with van der Waals surface area (Å²) in [5.41, 5.74) is 7.44. The minimum Gasteiger partial charge on any atom is -0.394 e. The van der Waals surface area contributed by atoms with Gasteiger partial charge < -0.3 is 11.1 Å². The van der Waals surface area contributed by atoms with Gasteiger partial charge in [0.25, 0.3) is 0 Å². The van der Waals surface area contributed by atoms with Crippen molar-refractivity contribution in [1.82, 2.24) is 9.78 Å². The number of nitrogens with one attached hydrogen (secondary N) is 1. The van der Waals surface area contributed by atoms with Gasteiger partial charge in [-0.25, -0.2) is 8.42 Å². The third-order valence-electron chi connectivity index (χ3n) is 2.91. The van der Waals surface area contributed by atoms with Crippen molar-refractivity contribution >= 4 is 21.3 Å². The molecule has 0 bridgehead atoms. The summed E-state index contributed by atoms with van der Waals surface area (Å²) >= 11 is 0. The van der Waals surface area contributed by atoms with Crippen molar-refractivity contribution in [3.05, 3.63) is 17.2 Å². The Morgan fingerprint density at radius 1 is 1.56 bits per heavy atom. The molecule has 1 aromatic rings. The summed E-state index contributed by atoms with van der Waals surface area (Å²) < 4.78 is 24.3. The molecule has 0 aromatic carbocycles. The van der Waals surface area contributed by atoms with Crippen LogP contribution in [-0.2, 0) is 16.9 Å². The molecule has 18 heavy (non-hydrogen) atoms. The van der Waals surface area contributed by atoms with Crippen LogP contribution < -0.4 is 11.1 Å². The minimum absolute atomic E-state index is 0.0641. The van der Waals surface area contributed by atoms with E-state index in [9.17, 15) is 8.42 Å². The van der Waals surface area contributed by atoms with Crippen LogP contribution in [0.2, 0.25) is 0 Å². The highest BCUT2D eigenvalue weighted by Crippen LogP contribution is 2.28. The van der Waals surface area contributed by atoms with E-state index in [1.54, 1.807) is 17.8 Å². The first kappa shape index (κ1) is 12.9. The van der Waals surface area contributed by atoms with Crippen LogP contribution in [0.1, 0.15) is 25.5 Å². The summed E-state index contributed by atoms with van der Waals surface area (Å²) in [7, 11) is -1.27. The first-order valence-electron chi connectivity index (χ1n) is 5.80. The summed E-state index contributed by atoms with van der Waals surface area (Å²) in [5.74, 6) is 0.967. The van der Waals surface area contributed by atoms with Crippen molar-refractivity contribution < 1.29 is 8.42 Å². The lowest BCUT2D eigenvalue weighted by Crippen LogP contribution is -2.23. The van der Waals surface area contributed by atoms with Gasteiger partial charge in [0.1, 0.15) is 5.82 Å². The lowest BCUT2D eigenvalue weighted by atomic mass is 10.1. The number of nitrogen functional groups attached to an aromatic ring is 1. The van der Waals surface area contributed by atoms with Crippen molar-refractivity contribution in [2.75, 3.05) is 16.8 Å². The molecule has 1 atom stereocenters. The van der Waals surface area contributed by atoms with E-state index in [0.29, 0.717) is 11.5 Å². The lowest BCUT2D eigenvalue weighted by Gasteiger charge is -2.12. The minimum atomic E-state index is -3.06. The molecule has 0 radical (unpaired) electrons. The Bertz CT molecular complexity index is 586. The van der Waals surface area contributed by atoms with Gasteiger partial charge in [0.05, 0.1) is 23.2 Å². The Kier molecular flexibility index (Phi) is 3.10. The molecule has 1 aliphatic heterocycles. The fraction of sp³-hybridized carbons (Fsp3) is 0.545. The number of nitrogens with zero attached hydrogens (tertiary/aromatic N) is 2. The zero-order chi connectivity index (χ0) is 13.5. The van der Waals surface area contributed by atoms with Crippen molar-refractivity contribution in [3.63, 3.8) is 0 Å². The van der Waals surface area contributed by atoms with Gasteiger partial charge in [0.15, 0.2) is 9.84 Å². The lowest BCUT2D eigenvalue weighted by molar-refractivity contribution is 0.605. The number of rotatable bonds is 3. The van der Waals surface area contributed by atoms with Crippen molar-refractivity contribution in [2.24, 2.45) is 7.05 Å². The highest BCUT2D eigenvalue weighted by atomic mass is 32.2. The summed E-state index contributed by atoms with van der Waals surface area (Å²) in [6.07, 6.45) is 1.64. The third-order valence-corrected chi connectivity index (χ3v) is 4.31. The van der Waals surface area contributed by atoms with Gasteiger partial charge in [0, 0.05) is 12.5 Å². The first-order valence-corrected chi connectivity index (χ1v) is 7.51. The van der Waals surface area contributed by atoms with E-state index in [1.807, 2.05) is 13.8 Å². The van der Waals surface area contributed by atoms with Gasteiger partial charge in [-0.15, -0.1) is 0 Å². The van der Waals surface area contributed by atoms with Gasteiger partial charge in [0.2, 0.25) is 0 Å². The Labute approximate surface area is 107 Å². The van der Waals surface area contributed by atoms with E-state index in [4.69, 9.17) is 5.73 Å². The second-order valence-corrected chi connectivity index (χ2v) is 6.77. The molecule has 7 heteroatoms. The van der Waals surface area contributed by atoms with Gasteiger partial charge in [-0.2, -0.15) is 5.10 Å². The summed E-state index contributed by atoms with van der Waals surface area (Å²) in [6, 6.07) is -0.243. The SMILES string of the molecule is CC(C)c1nn(C)c(NC2C=CS(=O)(=O)C2)c1N. The largest absolute Gasteiger partial charge is 0.394 e. The molecule has 3 N–H and O–H groups in total. The fourth-order valence-electron chi connectivity index (χ4n) is 2.00. The van der Waals surface area contributed by atoms with Crippen LogP contribution in [-0.4, -0.2) is 30.0 Å². The highest BCUT2D eigenvalue weighted by molar-refractivity contribution is 7.94. The topological polar surface area (TPSA) is 90.0 Å². The number of hydrogen-bond donors (Lipinski definition) is 2. The Balaban J connectivity index is 2.23. The summed E-state index contributed by atoms with van der Waals surface area (Å²) in [4.78, 5) is 0. The molecule has 0 aliphatic carbocycles. The van der Waals surface area contributed by atoms with Crippen LogP contribution in [0.4, 0.5) is 11.5 Å². The monoisotopic (exact) mass is 270 g/mol. The quantitative estimate of drug-likeness (QED) is 0.849. The first-order chi connectivity index (χ1) is 8.30. The van der Waals surface area contributed by atoms with E-state index in [-0.39, 0.29) is 17.7 Å². The molecule has 2 heterocycles. The maximum absolute atomic E-state index is 11.3. The van der Waals surface area contributed by atoms with Gasteiger partial charge >= 0.3 is 0 Å². The molecule has 0 amide bonds. The zero-order valence-corrected chi connectivity index (χ0v) is 11.5. The molecular weight excluding hydrogens is 252 g/mol. The molecule has 6 nitrogen and oxygen atoms in total. The highest BCUT2D eigenvalue weighted by Gasteiger charge is 2.24. The number of hydrogen-bond acceptors (Lipinski definition) is 5. The van der Waals surface area contributed by atoms with Crippen LogP contribution in [0.25, 0.3) is 0 Å². The average molecular weight is 270 g/mol. The number of aryl methyl sites for hydroxylation is 1. The second kappa shape index (κ2) is 4.31. The van der Waals surface area contributed by atoms with Crippen LogP contribution in [0.3, 0.4) is 0 Å².